The Morgan fingerprint density at radius 3 is 2.56 bits per heavy atom. The van der Waals surface area contributed by atoms with Crippen LogP contribution >= 0.6 is 0 Å². The SMILES string of the molecule is CCOC(=O)CCCCCN1CC(O)(C(C)C)C1. The maximum Gasteiger partial charge on any atom is 0.305 e. The van der Waals surface area contributed by atoms with Gasteiger partial charge in [-0.05, 0) is 32.2 Å². The van der Waals surface area contributed by atoms with Crippen molar-refractivity contribution < 1.29 is 14.6 Å². The number of rotatable bonds is 8. The third-order valence-corrected chi connectivity index (χ3v) is 3.73. The van der Waals surface area contributed by atoms with E-state index in [0.717, 1.165) is 38.9 Å². The molecule has 0 saturated carbocycles. The van der Waals surface area contributed by atoms with Crippen molar-refractivity contribution in [2.24, 2.45) is 5.92 Å². The van der Waals surface area contributed by atoms with Crippen LogP contribution in [0.3, 0.4) is 0 Å². The first kappa shape index (κ1) is 15.4. The van der Waals surface area contributed by atoms with Gasteiger partial charge in [-0.3, -0.25) is 9.69 Å². The molecular weight excluding hydrogens is 230 g/mol. The van der Waals surface area contributed by atoms with Crippen LogP contribution in [-0.2, 0) is 9.53 Å². The van der Waals surface area contributed by atoms with Crippen LogP contribution in [0.4, 0.5) is 0 Å². The lowest BCUT2D eigenvalue weighted by Gasteiger charge is -2.49. The molecule has 1 aliphatic rings. The molecule has 1 fully saturated rings. The second kappa shape index (κ2) is 7.10. The summed E-state index contributed by atoms with van der Waals surface area (Å²) in [5.74, 6) is 0.244. The Morgan fingerprint density at radius 1 is 1.33 bits per heavy atom. The quantitative estimate of drug-likeness (QED) is 0.532. The second-order valence-corrected chi connectivity index (χ2v) is 5.58. The molecule has 1 aliphatic heterocycles. The van der Waals surface area contributed by atoms with E-state index >= 15 is 0 Å². The molecule has 1 saturated heterocycles. The Balaban J connectivity index is 1.96. The number of carbonyl (C=O) groups excluding carboxylic acids is 1. The number of hydrogen-bond donors (Lipinski definition) is 1. The molecule has 0 unspecified atom stereocenters. The van der Waals surface area contributed by atoms with Crippen LogP contribution in [0.25, 0.3) is 0 Å². The first-order valence-electron chi connectivity index (χ1n) is 7.08. The van der Waals surface area contributed by atoms with Gasteiger partial charge in [0.2, 0.25) is 0 Å². The van der Waals surface area contributed by atoms with Crippen LogP contribution in [0, 0.1) is 5.92 Å². The standard InChI is InChI=1S/C14H27NO3/c1-4-18-13(16)8-6-5-7-9-15-10-14(17,11-15)12(2)3/h12,17H,4-11H2,1-3H3. The van der Waals surface area contributed by atoms with Crippen molar-refractivity contribution in [3.63, 3.8) is 0 Å². The molecule has 0 atom stereocenters. The van der Waals surface area contributed by atoms with Gasteiger partial charge in [-0.25, -0.2) is 0 Å². The fraction of sp³-hybridized carbons (Fsp3) is 0.929. The van der Waals surface area contributed by atoms with Gasteiger partial charge in [0.25, 0.3) is 0 Å². The van der Waals surface area contributed by atoms with Gasteiger partial charge < -0.3 is 9.84 Å². The van der Waals surface area contributed by atoms with Gasteiger partial charge >= 0.3 is 5.97 Å². The van der Waals surface area contributed by atoms with Gasteiger partial charge in [0.15, 0.2) is 0 Å². The minimum absolute atomic E-state index is 0.0874. The Morgan fingerprint density at radius 2 is 2.00 bits per heavy atom. The Hall–Kier alpha value is -0.610. The zero-order valence-electron chi connectivity index (χ0n) is 11.9. The molecule has 0 radical (unpaired) electrons. The molecule has 1 heterocycles. The number of β-amino-alcohol motifs (C(OH)–C–C–N with tert-alkyl or cyclic N) is 1. The zero-order chi connectivity index (χ0) is 13.6. The highest BCUT2D eigenvalue weighted by molar-refractivity contribution is 5.69. The molecule has 0 aromatic rings. The van der Waals surface area contributed by atoms with Crippen LogP contribution in [0.1, 0.15) is 46.5 Å². The van der Waals surface area contributed by atoms with E-state index in [0.29, 0.717) is 18.9 Å². The lowest BCUT2D eigenvalue weighted by Crippen LogP contribution is -2.64. The van der Waals surface area contributed by atoms with Gasteiger partial charge in [0.1, 0.15) is 0 Å². The predicted molar refractivity (Wildman–Crippen MR) is 71.3 cm³/mol. The third-order valence-electron chi connectivity index (χ3n) is 3.73. The number of esters is 1. The zero-order valence-corrected chi connectivity index (χ0v) is 11.9. The van der Waals surface area contributed by atoms with Crippen LogP contribution < -0.4 is 0 Å². The van der Waals surface area contributed by atoms with E-state index in [4.69, 9.17) is 4.74 Å². The van der Waals surface area contributed by atoms with Gasteiger partial charge in [0.05, 0.1) is 12.2 Å². The van der Waals surface area contributed by atoms with Crippen LogP contribution in [0.5, 0.6) is 0 Å². The van der Waals surface area contributed by atoms with Gasteiger partial charge in [-0.2, -0.15) is 0 Å². The summed E-state index contributed by atoms with van der Waals surface area (Å²) in [6, 6.07) is 0. The van der Waals surface area contributed by atoms with E-state index in [1.807, 2.05) is 6.92 Å². The normalized spacial score (nSPS) is 18.7. The number of likely N-dealkylation sites (tertiary alicyclic amines) is 1. The molecule has 4 heteroatoms. The van der Waals surface area contributed by atoms with E-state index in [1.165, 1.54) is 0 Å². The Bertz CT molecular complexity index is 260. The number of aliphatic hydroxyl groups is 1. The molecule has 0 spiro atoms. The van der Waals surface area contributed by atoms with Gasteiger partial charge in [-0.1, -0.05) is 20.3 Å². The molecule has 0 amide bonds. The predicted octanol–water partition coefficient (Wildman–Crippen LogP) is 1.81. The highest BCUT2D eigenvalue weighted by Crippen LogP contribution is 2.28. The van der Waals surface area contributed by atoms with E-state index in [2.05, 4.69) is 18.7 Å². The maximum atomic E-state index is 11.1. The molecule has 0 aliphatic carbocycles. The molecule has 0 aromatic carbocycles. The molecular formula is C14H27NO3. The summed E-state index contributed by atoms with van der Waals surface area (Å²) in [6.07, 6.45) is 3.58. The van der Waals surface area contributed by atoms with Crippen LogP contribution in [0.2, 0.25) is 0 Å². The average molecular weight is 257 g/mol. The first-order chi connectivity index (χ1) is 8.48. The van der Waals surface area contributed by atoms with Crippen molar-refractivity contribution in [1.29, 1.82) is 0 Å². The van der Waals surface area contributed by atoms with Gasteiger partial charge in [0, 0.05) is 19.5 Å². The van der Waals surface area contributed by atoms with Crippen molar-refractivity contribution in [3.05, 3.63) is 0 Å². The smallest absolute Gasteiger partial charge is 0.305 e. The summed E-state index contributed by atoms with van der Waals surface area (Å²) in [4.78, 5) is 13.4. The highest BCUT2D eigenvalue weighted by Gasteiger charge is 2.42. The monoisotopic (exact) mass is 257 g/mol. The molecule has 1 N–H and O–H groups in total. The lowest BCUT2D eigenvalue weighted by molar-refractivity contribution is -0.143. The molecule has 106 valence electrons. The fourth-order valence-corrected chi connectivity index (χ4v) is 2.27. The third kappa shape index (κ3) is 4.58. The fourth-order valence-electron chi connectivity index (χ4n) is 2.27. The van der Waals surface area contributed by atoms with Crippen LogP contribution in [-0.4, -0.2) is 47.8 Å². The van der Waals surface area contributed by atoms with E-state index < -0.39 is 5.60 Å². The van der Waals surface area contributed by atoms with Crippen LogP contribution in [0.15, 0.2) is 0 Å². The largest absolute Gasteiger partial charge is 0.466 e. The van der Waals surface area contributed by atoms with E-state index in [1.54, 1.807) is 0 Å². The number of ether oxygens (including phenoxy) is 1. The van der Waals surface area contributed by atoms with Crippen molar-refractivity contribution >= 4 is 5.97 Å². The topological polar surface area (TPSA) is 49.8 Å². The first-order valence-corrected chi connectivity index (χ1v) is 7.08. The molecule has 0 aromatic heterocycles. The number of carbonyl (C=O) groups is 1. The minimum atomic E-state index is -0.467. The lowest BCUT2D eigenvalue weighted by atomic mass is 9.83. The highest BCUT2D eigenvalue weighted by atomic mass is 16.5. The Labute approximate surface area is 110 Å². The summed E-state index contributed by atoms with van der Waals surface area (Å²) < 4.78 is 4.87. The molecule has 1 rings (SSSR count). The average Bonchev–Trinajstić information content (AvgIpc) is 2.25. The molecule has 18 heavy (non-hydrogen) atoms. The molecule has 4 nitrogen and oxygen atoms in total. The summed E-state index contributed by atoms with van der Waals surface area (Å²) in [5, 5.41) is 10.1. The number of unbranched alkanes of at least 4 members (excludes halogenated alkanes) is 2. The number of hydrogen-bond acceptors (Lipinski definition) is 4. The van der Waals surface area contributed by atoms with E-state index in [9.17, 15) is 9.90 Å². The van der Waals surface area contributed by atoms with Crippen molar-refractivity contribution in [1.82, 2.24) is 4.90 Å². The molecule has 0 bridgehead atoms. The van der Waals surface area contributed by atoms with Crippen molar-refractivity contribution in [2.75, 3.05) is 26.2 Å². The second-order valence-electron chi connectivity index (χ2n) is 5.58. The van der Waals surface area contributed by atoms with Crippen molar-refractivity contribution in [2.45, 2.75) is 52.1 Å². The summed E-state index contributed by atoms with van der Waals surface area (Å²) in [5.41, 5.74) is -0.467. The van der Waals surface area contributed by atoms with E-state index in [-0.39, 0.29) is 5.97 Å². The summed E-state index contributed by atoms with van der Waals surface area (Å²) >= 11 is 0. The number of nitrogens with zero attached hydrogens (tertiary/aromatic N) is 1. The minimum Gasteiger partial charge on any atom is -0.466 e. The maximum absolute atomic E-state index is 11.1. The van der Waals surface area contributed by atoms with Gasteiger partial charge in [-0.15, -0.1) is 0 Å². The van der Waals surface area contributed by atoms with Crippen molar-refractivity contribution in [3.8, 4) is 0 Å². The summed E-state index contributed by atoms with van der Waals surface area (Å²) in [6.45, 7) is 9.05. The summed E-state index contributed by atoms with van der Waals surface area (Å²) in [7, 11) is 0. The Kier molecular flexibility index (Phi) is 6.09.